The van der Waals surface area contributed by atoms with Gasteiger partial charge in [-0.05, 0) is 25.0 Å². The van der Waals surface area contributed by atoms with Gasteiger partial charge in [-0.3, -0.25) is 19.8 Å². The third-order valence-corrected chi connectivity index (χ3v) is 2.56. The molecule has 1 aromatic heterocycles. The Morgan fingerprint density at radius 3 is 2.35 bits per heavy atom. The third-order valence-electron chi connectivity index (χ3n) is 2.56. The van der Waals surface area contributed by atoms with Crippen molar-refractivity contribution in [3.63, 3.8) is 0 Å². The van der Waals surface area contributed by atoms with Crippen LogP contribution in [0.4, 0.5) is 5.69 Å². The Bertz CT molecular complexity index is 590. The van der Waals surface area contributed by atoms with Crippen LogP contribution in [-0.4, -0.2) is 16.1 Å². The highest BCUT2D eigenvalue weighted by molar-refractivity contribution is 6.03. The van der Waals surface area contributed by atoms with Gasteiger partial charge in [-0.1, -0.05) is 18.2 Å². The summed E-state index contributed by atoms with van der Waals surface area (Å²) >= 11 is 0. The first-order chi connectivity index (χ1) is 8.08. The second-order valence-electron chi connectivity index (χ2n) is 3.89. The zero-order valence-electron chi connectivity index (χ0n) is 9.63. The lowest BCUT2D eigenvalue weighted by molar-refractivity contribution is 0.102. The quantitative estimate of drug-likeness (QED) is 0.733. The first kappa shape index (κ1) is 11.2. The van der Waals surface area contributed by atoms with Gasteiger partial charge in [0.05, 0.1) is 0 Å². The van der Waals surface area contributed by atoms with Crippen molar-refractivity contribution >= 4 is 11.6 Å². The van der Waals surface area contributed by atoms with E-state index < -0.39 is 0 Å². The largest absolute Gasteiger partial charge is 0.320 e. The fourth-order valence-electron chi connectivity index (χ4n) is 1.65. The van der Waals surface area contributed by atoms with Gasteiger partial charge in [-0.15, -0.1) is 0 Å². The number of rotatable bonds is 2. The average molecular weight is 231 g/mol. The van der Waals surface area contributed by atoms with Gasteiger partial charge in [-0.2, -0.15) is 0 Å². The molecular formula is C12H13N3O2. The maximum absolute atomic E-state index is 11.8. The molecule has 0 unspecified atom stereocenters. The number of hydrogen-bond acceptors (Lipinski definition) is 2. The first-order valence-corrected chi connectivity index (χ1v) is 5.23. The predicted octanol–water partition coefficient (Wildman–Crippen LogP) is 1.57. The van der Waals surface area contributed by atoms with Gasteiger partial charge in [0.25, 0.3) is 11.5 Å². The predicted molar refractivity (Wildman–Crippen MR) is 65.3 cm³/mol. The van der Waals surface area contributed by atoms with Crippen LogP contribution in [-0.2, 0) is 0 Å². The number of amides is 1. The summed E-state index contributed by atoms with van der Waals surface area (Å²) in [5.41, 5.74) is 2.64. The van der Waals surface area contributed by atoms with Crippen LogP contribution < -0.4 is 10.9 Å². The normalized spacial score (nSPS) is 10.2. The number of carbonyl (C=O) groups excluding carboxylic acids is 1. The zero-order chi connectivity index (χ0) is 12.4. The van der Waals surface area contributed by atoms with E-state index in [1.54, 1.807) is 0 Å². The van der Waals surface area contributed by atoms with Gasteiger partial charge in [0, 0.05) is 11.8 Å². The molecule has 1 heterocycles. The van der Waals surface area contributed by atoms with Crippen LogP contribution in [0.1, 0.15) is 21.6 Å². The minimum Gasteiger partial charge on any atom is -0.320 e. The summed E-state index contributed by atoms with van der Waals surface area (Å²) in [6, 6.07) is 6.99. The maximum atomic E-state index is 11.8. The molecule has 5 nitrogen and oxygen atoms in total. The van der Waals surface area contributed by atoms with E-state index in [0.717, 1.165) is 16.8 Å². The highest BCUT2D eigenvalue weighted by atomic mass is 16.2. The van der Waals surface area contributed by atoms with E-state index in [-0.39, 0.29) is 17.2 Å². The van der Waals surface area contributed by atoms with Crippen LogP contribution in [0.3, 0.4) is 0 Å². The molecule has 0 saturated heterocycles. The highest BCUT2D eigenvalue weighted by Gasteiger charge is 2.10. The Balaban J connectivity index is 2.27. The molecular weight excluding hydrogens is 218 g/mol. The number of carbonyl (C=O) groups is 1. The van der Waals surface area contributed by atoms with Gasteiger partial charge >= 0.3 is 0 Å². The van der Waals surface area contributed by atoms with E-state index in [2.05, 4.69) is 15.5 Å². The highest BCUT2D eigenvalue weighted by Crippen LogP contribution is 2.19. The summed E-state index contributed by atoms with van der Waals surface area (Å²) in [4.78, 5) is 22.7. The lowest BCUT2D eigenvalue weighted by Gasteiger charge is -2.10. The van der Waals surface area contributed by atoms with E-state index in [9.17, 15) is 9.59 Å². The van der Waals surface area contributed by atoms with E-state index in [1.807, 2.05) is 32.0 Å². The number of aryl methyl sites for hydroxylation is 2. The number of aromatic amines is 2. The van der Waals surface area contributed by atoms with Crippen molar-refractivity contribution in [1.82, 2.24) is 10.2 Å². The Labute approximate surface area is 97.9 Å². The van der Waals surface area contributed by atoms with Crippen molar-refractivity contribution in [2.75, 3.05) is 5.32 Å². The van der Waals surface area contributed by atoms with Crippen LogP contribution in [0.25, 0.3) is 0 Å². The van der Waals surface area contributed by atoms with Gasteiger partial charge < -0.3 is 5.32 Å². The molecule has 2 aromatic rings. The van der Waals surface area contributed by atoms with Crippen molar-refractivity contribution in [2.24, 2.45) is 0 Å². The molecule has 0 radical (unpaired) electrons. The molecule has 0 fully saturated rings. The number of aromatic nitrogens is 2. The van der Waals surface area contributed by atoms with Crippen LogP contribution >= 0.6 is 0 Å². The van der Waals surface area contributed by atoms with Gasteiger partial charge in [0.1, 0.15) is 5.69 Å². The van der Waals surface area contributed by atoms with Crippen molar-refractivity contribution in [2.45, 2.75) is 13.8 Å². The minimum absolute atomic E-state index is 0.220. The summed E-state index contributed by atoms with van der Waals surface area (Å²) in [6.45, 7) is 3.84. The number of hydrogen-bond donors (Lipinski definition) is 3. The fraction of sp³-hybridized carbons (Fsp3) is 0.167. The Kier molecular flexibility index (Phi) is 2.82. The van der Waals surface area contributed by atoms with Crippen LogP contribution in [0.15, 0.2) is 29.1 Å². The molecule has 2 rings (SSSR count). The molecule has 0 bridgehead atoms. The van der Waals surface area contributed by atoms with Gasteiger partial charge in [0.2, 0.25) is 0 Å². The first-order valence-electron chi connectivity index (χ1n) is 5.23. The molecule has 1 amide bonds. The SMILES string of the molecule is Cc1cccc(C)c1NC(=O)c1cc(=O)[nH][nH]1. The molecule has 5 heteroatoms. The summed E-state index contributed by atoms with van der Waals surface area (Å²) in [7, 11) is 0. The topological polar surface area (TPSA) is 77.8 Å². The number of para-hydroxylation sites is 1. The monoisotopic (exact) mass is 231 g/mol. The maximum Gasteiger partial charge on any atom is 0.273 e. The fourth-order valence-corrected chi connectivity index (χ4v) is 1.65. The van der Waals surface area contributed by atoms with E-state index in [1.165, 1.54) is 6.07 Å². The molecule has 0 aliphatic rings. The Morgan fingerprint density at radius 2 is 1.82 bits per heavy atom. The smallest absolute Gasteiger partial charge is 0.273 e. The summed E-state index contributed by atoms with van der Waals surface area (Å²) in [6.07, 6.45) is 0. The molecule has 0 saturated carbocycles. The summed E-state index contributed by atoms with van der Waals surface area (Å²) in [5.74, 6) is -0.333. The molecule has 1 aromatic carbocycles. The lowest BCUT2D eigenvalue weighted by Crippen LogP contribution is -2.14. The number of H-pyrrole nitrogens is 2. The van der Waals surface area contributed by atoms with Crippen molar-refractivity contribution in [3.8, 4) is 0 Å². The molecule has 0 aliphatic carbocycles. The van der Waals surface area contributed by atoms with Crippen LogP contribution in [0, 0.1) is 13.8 Å². The van der Waals surface area contributed by atoms with E-state index in [0.29, 0.717) is 0 Å². The standard InChI is InChI=1S/C12H13N3O2/c1-7-4-3-5-8(2)11(7)13-12(17)9-6-10(16)15-14-9/h3-6H,1-2H3,(H,13,17)(H2,14,15,16). The minimum atomic E-state index is -0.333. The summed E-state index contributed by atoms with van der Waals surface area (Å²) < 4.78 is 0. The van der Waals surface area contributed by atoms with Crippen molar-refractivity contribution < 1.29 is 4.79 Å². The molecule has 0 atom stereocenters. The van der Waals surface area contributed by atoms with Crippen molar-refractivity contribution in [1.29, 1.82) is 0 Å². The van der Waals surface area contributed by atoms with Crippen LogP contribution in [0.2, 0.25) is 0 Å². The Hall–Kier alpha value is -2.30. The number of benzene rings is 1. The second-order valence-corrected chi connectivity index (χ2v) is 3.89. The molecule has 3 N–H and O–H groups in total. The average Bonchev–Trinajstić information content (AvgIpc) is 2.70. The van der Waals surface area contributed by atoms with E-state index >= 15 is 0 Å². The van der Waals surface area contributed by atoms with Gasteiger partial charge in [0.15, 0.2) is 0 Å². The lowest BCUT2D eigenvalue weighted by atomic mass is 10.1. The van der Waals surface area contributed by atoms with Gasteiger partial charge in [-0.25, -0.2) is 0 Å². The Morgan fingerprint density at radius 1 is 1.18 bits per heavy atom. The van der Waals surface area contributed by atoms with E-state index in [4.69, 9.17) is 0 Å². The zero-order valence-corrected chi connectivity index (χ0v) is 9.63. The molecule has 88 valence electrons. The summed E-state index contributed by atoms with van der Waals surface area (Å²) in [5, 5.41) is 7.62. The van der Waals surface area contributed by atoms with Crippen LogP contribution in [0.5, 0.6) is 0 Å². The van der Waals surface area contributed by atoms with Crippen molar-refractivity contribution in [3.05, 3.63) is 51.4 Å². The molecule has 0 spiro atoms. The molecule has 17 heavy (non-hydrogen) atoms. The molecule has 0 aliphatic heterocycles. The third kappa shape index (κ3) is 2.28. The number of anilines is 1. The second kappa shape index (κ2) is 4.29. The number of nitrogens with one attached hydrogen (secondary N) is 3.